The zero-order valence-corrected chi connectivity index (χ0v) is 14.9. The van der Waals surface area contributed by atoms with Gasteiger partial charge in [-0.2, -0.15) is 0 Å². The molecule has 20 heavy (non-hydrogen) atoms. The summed E-state index contributed by atoms with van der Waals surface area (Å²) in [4.78, 5) is 0.351. The van der Waals surface area contributed by atoms with Crippen LogP contribution in [0.25, 0.3) is 0 Å². The van der Waals surface area contributed by atoms with Crippen molar-refractivity contribution >= 4 is 26.0 Å². The molecule has 0 bridgehead atoms. The summed E-state index contributed by atoms with van der Waals surface area (Å²) < 4.78 is 28.7. The first-order chi connectivity index (χ1) is 9.35. The number of hydrogen-bond acceptors (Lipinski definition) is 3. The molecule has 0 saturated heterocycles. The molecule has 1 rings (SSSR count). The highest BCUT2D eigenvalue weighted by atomic mass is 79.9. The van der Waals surface area contributed by atoms with E-state index in [1.165, 1.54) is 0 Å². The van der Waals surface area contributed by atoms with Gasteiger partial charge >= 0.3 is 0 Å². The largest absolute Gasteiger partial charge is 0.316 e. The second-order valence-electron chi connectivity index (χ2n) is 4.87. The maximum atomic E-state index is 12.5. The molecule has 0 heterocycles. The normalized spacial score (nSPS) is 12.1. The Hall–Kier alpha value is -0.430. The lowest BCUT2D eigenvalue weighted by Gasteiger charge is -2.17. The molecule has 2 N–H and O–H groups in total. The van der Waals surface area contributed by atoms with Gasteiger partial charge in [-0.05, 0) is 50.1 Å². The van der Waals surface area contributed by atoms with E-state index in [1.54, 1.807) is 6.07 Å². The maximum Gasteiger partial charge on any atom is 0.241 e. The zero-order chi connectivity index (χ0) is 15.3. The second kappa shape index (κ2) is 7.54. The Bertz CT molecular complexity index is 555. The van der Waals surface area contributed by atoms with E-state index in [0.717, 1.165) is 28.4 Å². The Morgan fingerprint density at radius 3 is 2.35 bits per heavy atom. The quantitative estimate of drug-likeness (QED) is 0.783. The minimum absolute atomic E-state index is 0.0221. The highest BCUT2D eigenvalue weighted by molar-refractivity contribution is 9.10. The molecule has 0 aromatic heterocycles. The number of rotatable bonds is 7. The molecule has 1 aromatic carbocycles. The van der Waals surface area contributed by atoms with Crippen LogP contribution >= 0.6 is 15.9 Å². The summed E-state index contributed by atoms with van der Waals surface area (Å²) in [6.45, 7) is 6.41. The highest BCUT2D eigenvalue weighted by Crippen LogP contribution is 2.26. The van der Waals surface area contributed by atoms with Gasteiger partial charge in [-0.15, -0.1) is 0 Å². The molecular weight excluding hydrogens is 340 g/mol. The van der Waals surface area contributed by atoms with E-state index in [4.69, 9.17) is 0 Å². The van der Waals surface area contributed by atoms with Gasteiger partial charge in [0.1, 0.15) is 0 Å². The van der Waals surface area contributed by atoms with Crippen molar-refractivity contribution in [1.82, 2.24) is 10.0 Å². The molecule has 1 aromatic rings. The van der Waals surface area contributed by atoms with Crippen molar-refractivity contribution in [1.29, 1.82) is 0 Å². The van der Waals surface area contributed by atoms with Gasteiger partial charge in [0.05, 0.1) is 4.90 Å². The van der Waals surface area contributed by atoms with Crippen LogP contribution < -0.4 is 10.0 Å². The van der Waals surface area contributed by atoms with Crippen molar-refractivity contribution < 1.29 is 8.42 Å². The smallest absolute Gasteiger partial charge is 0.241 e. The van der Waals surface area contributed by atoms with Crippen molar-refractivity contribution in [2.24, 2.45) is 0 Å². The topological polar surface area (TPSA) is 58.2 Å². The minimum atomic E-state index is -3.49. The molecule has 0 unspecified atom stereocenters. The highest BCUT2D eigenvalue weighted by Gasteiger charge is 2.21. The van der Waals surface area contributed by atoms with Crippen LogP contribution in [0.15, 0.2) is 21.5 Å². The molecule has 0 radical (unpaired) electrons. The van der Waals surface area contributed by atoms with E-state index in [2.05, 4.69) is 26.0 Å². The Morgan fingerprint density at radius 2 is 1.85 bits per heavy atom. The van der Waals surface area contributed by atoms with Crippen LogP contribution in [-0.2, 0) is 16.6 Å². The van der Waals surface area contributed by atoms with E-state index in [1.807, 2.05) is 33.9 Å². The third kappa shape index (κ3) is 4.28. The zero-order valence-electron chi connectivity index (χ0n) is 12.5. The van der Waals surface area contributed by atoms with E-state index < -0.39 is 10.0 Å². The van der Waals surface area contributed by atoms with E-state index >= 15 is 0 Å². The van der Waals surface area contributed by atoms with Gasteiger partial charge in [0, 0.05) is 17.1 Å². The van der Waals surface area contributed by atoms with Crippen LogP contribution in [0.5, 0.6) is 0 Å². The third-order valence-electron chi connectivity index (χ3n) is 3.33. The lowest BCUT2D eigenvalue weighted by atomic mass is 10.1. The van der Waals surface area contributed by atoms with Crippen molar-refractivity contribution in [2.45, 2.75) is 51.1 Å². The summed E-state index contributed by atoms with van der Waals surface area (Å²) in [7, 11) is -1.65. The Kier molecular flexibility index (Phi) is 6.64. The number of sulfonamides is 1. The summed E-state index contributed by atoms with van der Waals surface area (Å²) in [6.07, 6.45) is 1.57. The Labute approximate surface area is 130 Å². The molecule has 0 atom stereocenters. The van der Waals surface area contributed by atoms with Crippen LogP contribution in [-0.4, -0.2) is 21.5 Å². The average molecular weight is 363 g/mol. The minimum Gasteiger partial charge on any atom is -0.316 e. The van der Waals surface area contributed by atoms with Crippen LogP contribution in [0.1, 0.15) is 37.8 Å². The number of hydrogen-bond donors (Lipinski definition) is 2. The molecule has 0 aliphatic rings. The van der Waals surface area contributed by atoms with Gasteiger partial charge in [0.2, 0.25) is 10.0 Å². The van der Waals surface area contributed by atoms with Gasteiger partial charge in [0.15, 0.2) is 0 Å². The molecule has 6 heteroatoms. The van der Waals surface area contributed by atoms with E-state index in [9.17, 15) is 8.42 Å². The molecule has 0 fully saturated rings. The first-order valence-corrected chi connectivity index (χ1v) is 9.09. The number of benzene rings is 1. The van der Waals surface area contributed by atoms with Crippen LogP contribution in [0, 0.1) is 6.92 Å². The Balaban J connectivity index is 3.22. The summed E-state index contributed by atoms with van der Waals surface area (Å²) >= 11 is 3.44. The maximum absolute atomic E-state index is 12.5. The van der Waals surface area contributed by atoms with E-state index in [0.29, 0.717) is 11.4 Å². The van der Waals surface area contributed by atoms with Crippen LogP contribution in [0.2, 0.25) is 0 Å². The fourth-order valence-corrected chi connectivity index (χ4v) is 4.39. The van der Waals surface area contributed by atoms with E-state index in [-0.39, 0.29) is 6.04 Å². The first kappa shape index (κ1) is 17.6. The Morgan fingerprint density at radius 1 is 1.25 bits per heavy atom. The van der Waals surface area contributed by atoms with Gasteiger partial charge in [0.25, 0.3) is 0 Å². The predicted molar refractivity (Wildman–Crippen MR) is 86.3 cm³/mol. The van der Waals surface area contributed by atoms with Gasteiger partial charge in [-0.3, -0.25) is 0 Å². The van der Waals surface area contributed by atoms with Gasteiger partial charge < -0.3 is 5.32 Å². The molecule has 0 amide bonds. The summed E-state index contributed by atoms with van der Waals surface area (Å²) in [5.41, 5.74) is 1.68. The van der Waals surface area contributed by atoms with Crippen molar-refractivity contribution in [3.8, 4) is 0 Å². The van der Waals surface area contributed by atoms with Crippen molar-refractivity contribution in [3.05, 3.63) is 27.7 Å². The second-order valence-corrected chi connectivity index (χ2v) is 7.40. The lowest BCUT2D eigenvalue weighted by Crippen LogP contribution is -2.34. The molecule has 114 valence electrons. The first-order valence-electron chi connectivity index (χ1n) is 6.81. The van der Waals surface area contributed by atoms with Gasteiger partial charge in [-0.25, -0.2) is 13.1 Å². The monoisotopic (exact) mass is 362 g/mol. The average Bonchev–Trinajstić information content (AvgIpc) is 2.40. The lowest BCUT2D eigenvalue weighted by molar-refractivity contribution is 0.529. The molecular formula is C14H23BrN2O2S. The molecule has 4 nitrogen and oxygen atoms in total. The molecule has 0 aliphatic carbocycles. The third-order valence-corrected chi connectivity index (χ3v) is 5.80. The summed E-state index contributed by atoms with van der Waals surface area (Å²) in [5, 5.41) is 3.04. The molecule has 0 spiro atoms. The standard InChI is InChI=1S/C14H23BrN2O2S/c1-5-12(6-2)17-20(18,19)14-8-11(9-16-4)7-13(15)10(14)3/h7-8,12,16-17H,5-6,9H2,1-4H3. The fraction of sp³-hybridized carbons (Fsp3) is 0.571. The fourth-order valence-electron chi connectivity index (χ4n) is 2.03. The molecule has 0 aliphatic heterocycles. The predicted octanol–water partition coefficient (Wildman–Crippen LogP) is 2.94. The van der Waals surface area contributed by atoms with Crippen molar-refractivity contribution in [3.63, 3.8) is 0 Å². The number of nitrogens with one attached hydrogen (secondary N) is 2. The summed E-state index contributed by atoms with van der Waals surface area (Å²) in [6, 6.07) is 3.66. The van der Waals surface area contributed by atoms with Gasteiger partial charge in [-0.1, -0.05) is 29.8 Å². The SMILES string of the molecule is CCC(CC)NS(=O)(=O)c1cc(CNC)cc(Br)c1C. The molecule has 0 saturated carbocycles. The number of halogens is 1. The van der Waals surface area contributed by atoms with Crippen LogP contribution in [0.3, 0.4) is 0 Å². The summed E-state index contributed by atoms with van der Waals surface area (Å²) in [5.74, 6) is 0. The van der Waals surface area contributed by atoms with Crippen LogP contribution in [0.4, 0.5) is 0 Å². The van der Waals surface area contributed by atoms with Crippen molar-refractivity contribution in [2.75, 3.05) is 7.05 Å².